The van der Waals surface area contributed by atoms with Crippen molar-refractivity contribution in [2.24, 2.45) is 4.40 Å². The summed E-state index contributed by atoms with van der Waals surface area (Å²) in [6.45, 7) is 2.02. The molecular weight excluding hydrogens is 288 g/mol. The van der Waals surface area contributed by atoms with Crippen molar-refractivity contribution in [1.29, 1.82) is 0 Å². The molecule has 0 fully saturated rings. The Morgan fingerprint density at radius 3 is 2.79 bits per heavy atom. The van der Waals surface area contributed by atoms with Crippen molar-refractivity contribution in [1.82, 2.24) is 14.4 Å². The Hall–Kier alpha value is -1.58. The van der Waals surface area contributed by atoms with E-state index in [4.69, 9.17) is 0 Å². The average molecular weight is 300 g/mol. The molecule has 0 radical (unpaired) electrons. The van der Waals surface area contributed by atoms with Gasteiger partial charge in [-0.15, -0.1) is 4.40 Å². The molecule has 0 atom stereocenters. The largest absolute Gasteiger partial charge is 0.383 e. The molecule has 0 bridgehead atoms. The summed E-state index contributed by atoms with van der Waals surface area (Å²) in [7, 11) is -3.93. The summed E-state index contributed by atoms with van der Waals surface area (Å²) >= 11 is 0.898. The number of benzene rings is 1. The van der Waals surface area contributed by atoms with E-state index in [1.807, 2.05) is 30.3 Å². The summed E-state index contributed by atoms with van der Waals surface area (Å²) in [5.74, 6) is 0. The molecule has 102 valence electrons. The van der Waals surface area contributed by atoms with E-state index in [2.05, 4.69) is 18.3 Å². The van der Waals surface area contributed by atoms with Gasteiger partial charge in [0.1, 0.15) is 0 Å². The normalized spacial score (nSPS) is 12.8. The Labute approximate surface area is 114 Å². The molecule has 1 heterocycles. The lowest BCUT2D eigenvalue weighted by atomic mass is 10.2. The number of nitrogens with zero attached hydrogens (tertiary/aromatic N) is 4. The first kappa shape index (κ1) is 13.8. The standard InChI is InChI=1S/C10H12N4O3S2/c1-2-17-19(15,16)11-10-14(12-13-18-10)8-9-6-4-3-5-7-9/h3-7H,2,8H2,1H3/b11-10-. The molecule has 0 aliphatic carbocycles. The minimum Gasteiger partial charge on any atom is -0.253 e. The predicted octanol–water partition coefficient (Wildman–Crippen LogP) is 0.570. The van der Waals surface area contributed by atoms with Crippen LogP contribution in [0.4, 0.5) is 0 Å². The summed E-state index contributed by atoms with van der Waals surface area (Å²) in [5, 5.41) is 3.83. The molecule has 0 aliphatic rings. The molecule has 0 spiro atoms. The van der Waals surface area contributed by atoms with Gasteiger partial charge in [0.05, 0.1) is 13.2 Å². The first-order valence-corrected chi connectivity index (χ1v) is 7.63. The summed E-state index contributed by atoms with van der Waals surface area (Å²) in [6, 6.07) is 9.51. The third kappa shape index (κ3) is 3.94. The molecule has 1 aromatic heterocycles. The van der Waals surface area contributed by atoms with Crippen LogP contribution in [0.25, 0.3) is 0 Å². The first-order valence-electron chi connectivity index (χ1n) is 5.49. The number of hydrogen-bond donors (Lipinski definition) is 0. The Kier molecular flexibility index (Phi) is 4.40. The van der Waals surface area contributed by atoms with Crippen molar-refractivity contribution in [3.8, 4) is 0 Å². The van der Waals surface area contributed by atoms with Crippen molar-refractivity contribution < 1.29 is 12.6 Å². The van der Waals surface area contributed by atoms with Gasteiger partial charge in [0.25, 0.3) is 0 Å². The van der Waals surface area contributed by atoms with Crippen LogP contribution in [-0.4, -0.2) is 29.4 Å². The van der Waals surface area contributed by atoms with E-state index in [1.165, 1.54) is 4.68 Å². The van der Waals surface area contributed by atoms with Crippen molar-refractivity contribution in [2.45, 2.75) is 13.5 Å². The molecule has 0 N–H and O–H groups in total. The van der Waals surface area contributed by atoms with E-state index in [1.54, 1.807) is 6.92 Å². The monoisotopic (exact) mass is 300 g/mol. The highest BCUT2D eigenvalue weighted by Gasteiger charge is 2.09. The summed E-state index contributed by atoms with van der Waals surface area (Å²) in [5.41, 5.74) is 0.977. The molecule has 19 heavy (non-hydrogen) atoms. The molecule has 0 aliphatic heterocycles. The van der Waals surface area contributed by atoms with Crippen LogP contribution in [-0.2, 0) is 21.0 Å². The maximum atomic E-state index is 11.5. The highest BCUT2D eigenvalue weighted by atomic mass is 32.2. The maximum Gasteiger partial charge on any atom is 0.383 e. The minimum absolute atomic E-state index is 0.0384. The van der Waals surface area contributed by atoms with Crippen LogP contribution >= 0.6 is 11.5 Å². The van der Waals surface area contributed by atoms with Gasteiger partial charge in [0.2, 0.25) is 4.80 Å². The maximum absolute atomic E-state index is 11.5. The fraction of sp³-hybridized carbons (Fsp3) is 0.300. The van der Waals surface area contributed by atoms with Gasteiger partial charge in [-0.2, -0.15) is 8.42 Å². The molecule has 0 saturated heterocycles. The van der Waals surface area contributed by atoms with Gasteiger partial charge in [0, 0.05) is 11.5 Å². The molecule has 0 unspecified atom stereocenters. The van der Waals surface area contributed by atoms with E-state index in [9.17, 15) is 8.42 Å². The molecular formula is C10H12N4O3S2. The van der Waals surface area contributed by atoms with Crippen molar-refractivity contribution in [3.63, 3.8) is 0 Å². The Morgan fingerprint density at radius 1 is 1.37 bits per heavy atom. The van der Waals surface area contributed by atoms with Crippen LogP contribution < -0.4 is 4.80 Å². The highest BCUT2D eigenvalue weighted by molar-refractivity contribution is 7.85. The molecule has 0 amide bonds. The quantitative estimate of drug-likeness (QED) is 0.805. The molecule has 9 heteroatoms. The third-order valence-electron chi connectivity index (χ3n) is 2.12. The van der Waals surface area contributed by atoms with Crippen LogP contribution in [0.2, 0.25) is 0 Å². The fourth-order valence-corrected chi connectivity index (χ4v) is 2.81. The summed E-state index contributed by atoms with van der Waals surface area (Å²) < 4.78 is 36.1. The molecule has 1 aromatic carbocycles. The average Bonchev–Trinajstić information content (AvgIpc) is 2.77. The van der Waals surface area contributed by atoms with Crippen LogP contribution in [0.5, 0.6) is 0 Å². The lowest BCUT2D eigenvalue weighted by Crippen LogP contribution is -2.20. The van der Waals surface area contributed by atoms with Crippen molar-refractivity contribution in [3.05, 3.63) is 40.7 Å². The fourth-order valence-electron chi connectivity index (χ4n) is 1.37. The summed E-state index contributed by atoms with van der Waals surface area (Å²) in [4.78, 5) is 0.178. The van der Waals surface area contributed by atoms with Gasteiger partial charge in [-0.3, -0.25) is 4.18 Å². The predicted molar refractivity (Wildman–Crippen MR) is 69.6 cm³/mol. The molecule has 2 aromatic rings. The van der Waals surface area contributed by atoms with Gasteiger partial charge in [-0.25, -0.2) is 4.68 Å². The van der Waals surface area contributed by atoms with Gasteiger partial charge < -0.3 is 0 Å². The van der Waals surface area contributed by atoms with Crippen molar-refractivity contribution >= 4 is 21.8 Å². The second-order valence-electron chi connectivity index (χ2n) is 3.51. The number of hydrogen-bond acceptors (Lipinski definition) is 6. The first-order chi connectivity index (χ1) is 9.11. The zero-order valence-electron chi connectivity index (χ0n) is 10.1. The van der Waals surface area contributed by atoms with Crippen molar-refractivity contribution in [2.75, 3.05) is 6.61 Å². The topological polar surface area (TPSA) is 86.4 Å². The van der Waals surface area contributed by atoms with E-state index < -0.39 is 10.3 Å². The van der Waals surface area contributed by atoms with E-state index >= 15 is 0 Å². The van der Waals surface area contributed by atoms with Crippen LogP contribution in [0.1, 0.15) is 12.5 Å². The van der Waals surface area contributed by atoms with Gasteiger partial charge in [0.15, 0.2) is 0 Å². The van der Waals surface area contributed by atoms with E-state index in [-0.39, 0.29) is 11.4 Å². The Morgan fingerprint density at radius 2 is 2.11 bits per heavy atom. The third-order valence-corrected chi connectivity index (χ3v) is 3.79. The number of rotatable bonds is 5. The van der Waals surface area contributed by atoms with Gasteiger partial charge >= 0.3 is 10.3 Å². The lowest BCUT2D eigenvalue weighted by Gasteiger charge is -2.00. The zero-order chi connectivity index (χ0) is 13.7. The van der Waals surface area contributed by atoms with Crippen LogP contribution in [0.3, 0.4) is 0 Å². The van der Waals surface area contributed by atoms with E-state index in [0.29, 0.717) is 6.54 Å². The zero-order valence-corrected chi connectivity index (χ0v) is 11.8. The molecule has 2 rings (SSSR count). The smallest absolute Gasteiger partial charge is 0.253 e. The second kappa shape index (κ2) is 6.04. The minimum atomic E-state index is -3.93. The Balaban J connectivity index is 2.31. The SMILES string of the molecule is CCOS(=O)(=O)/N=c1\snnn1Cc1ccccc1. The Bertz CT molecular complexity index is 691. The second-order valence-corrected chi connectivity index (χ2v) is 5.50. The molecule has 0 saturated carbocycles. The number of aromatic nitrogens is 3. The van der Waals surface area contributed by atoms with E-state index in [0.717, 1.165) is 17.1 Å². The van der Waals surface area contributed by atoms with Gasteiger partial charge in [-0.1, -0.05) is 40.0 Å². The molecule has 7 nitrogen and oxygen atoms in total. The van der Waals surface area contributed by atoms with Crippen LogP contribution in [0.15, 0.2) is 34.7 Å². The summed E-state index contributed by atoms with van der Waals surface area (Å²) in [6.07, 6.45) is 0. The highest BCUT2D eigenvalue weighted by Crippen LogP contribution is 2.00. The lowest BCUT2D eigenvalue weighted by molar-refractivity contribution is 0.338. The van der Waals surface area contributed by atoms with Gasteiger partial charge in [-0.05, 0) is 12.5 Å². The van der Waals surface area contributed by atoms with Crippen LogP contribution in [0, 0.1) is 0 Å².